The van der Waals surface area contributed by atoms with Crippen LogP contribution in [-0.2, 0) is 20.7 Å². The van der Waals surface area contributed by atoms with E-state index in [4.69, 9.17) is 15.6 Å². The summed E-state index contributed by atoms with van der Waals surface area (Å²) in [6.45, 7) is 5.53. The Balaban J connectivity index is 2.40. The van der Waals surface area contributed by atoms with Crippen LogP contribution in [0.5, 0.6) is 0 Å². The van der Waals surface area contributed by atoms with Gasteiger partial charge < -0.3 is 20.6 Å². The van der Waals surface area contributed by atoms with Crippen LogP contribution in [0, 0.1) is 0 Å². The predicted octanol–water partition coefficient (Wildman–Crippen LogP) is 2.18. The summed E-state index contributed by atoms with van der Waals surface area (Å²) in [5.41, 5.74) is 7.42. The van der Waals surface area contributed by atoms with E-state index in [2.05, 4.69) is 4.98 Å². The lowest BCUT2D eigenvalue weighted by atomic mass is 9.97. The van der Waals surface area contributed by atoms with Crippen molar-refractivity contribution < 1.29 is 19.4 Å². The van der Waals surface area contributed by atoms with Gasteiger partial charge in [0.15, 0.2) is 0 Å². The predicted molar refractivity (Wildman–Crippen MR) is 87.3 cm³/mol. The van der Waals surface area contributed by atoms with E-state index in [1.54, 1.807) is 45.2 Å². The van der Waals surface area contributed by atoms with Gasteiger partial charge in [-0.1, -0.05) is 6.07 Å². The fourth-order valence-electron chi connectivity index (χ4n) is 2.49. The number of nitrogens with two attached hydrogens (primary N) is 1. The third-order valence-electron chi connectivity index (χ3n) is 3.44. The minimum atomic E-state index is -0.899. The van der Waals surface area contributed by atoms with Gasteiger partial charge in [0.2, 0.25) is 0 Å². The zero-order chi connectivity index (χ0) is 17.2. The quantitative estimate of drug-likeness (QED) is 0.733. The zero-order valence-electron chi connectivity index (χ0n) is 13.6. The number of carbonyl (C=O) groups excluding carboxylic acids is 1. The van der Waals surface area contributed by atoms with Crippen LogP contribution in [0.2, 0.25) is 0 Å². The molecule has 0 aliphatic rings. The topological polar surface area (TPSA) is 105 Å². The molecule has 1 heterocycles. The second-order valence-electron chi connectivity index (χ2n) is 6.52. The van der Waals surface area contributed by atoms with E-state index >= 15 is 0 Å². The van der Waals surface area contributed by atoms with Crippen LogP contribution >= 0.6 is 0 Å². The molecule has 0 aliphatic carbocycles. The van der Waals surface area contributed by atoms with Crippen LogP contribution in [0.1, 0.15) is 37.8 Å². The number of hydrogen-bond donors (Lipinski definition) is 3. The molecule has 0 saturated carbocycles. The highest BCUT2D eigenvalue weighted by Gasteiger charge is 2.27. The van der Waals surface area contributed by atoms with Gasteiger partial charge >= 0.3 is 11.9 Å². The van der Waals surface area contributed by atoms with E-state index in [0.29, 0.717) is 5.56 Å². The molecular weight excluding hydrogens is 296 g/mol. The monoisotopic (exact) mass is 318 g/mol. The van der Waals surface area contributed by atoms with Crippen LogP contribution in [-0.4, -0.2) is 34.2 Å². The molecule has 0 spiro atoms. The molecule has 1 aromatic heterocycles. The first-order valence-electron chi connectivity index (χ1n) is 7.46. The van der Waals surface area contributed by atoms with Gasteiger partial charge in [-0.2, -0.15) is 0 Å². The summed E-state index contributed by atoms with van der Waals surface area (Å²) in [7, 11) is 0. The standard InChI is InChI=1S/C17H22N2O4/c1-17(2,3)23-16(22)12(8-18)13-9-19-14-5-4-10(6-11(13)14)7-15(20)21/h4-6,9,12,19H,7-8,18H2,1-3H3,(H,20,21). The first kappa shape index (κ1) is 17.0. The lowest BCUT2D eigenvalue weighted by Gasteiger charge is -2.23. The van der Waals surface area contributed by atoms with Gasteiger partial charge in [-0.15, -0.1) is 0 Å². The van der Waals surface area contributed by atoms with Gasteiger partial charge in [-0.3, -0.25) is 9.59 Å². The number of hydrogen-bond acceptors (Lipinski definition) is 4. The highest BCUT2D eigenvalue weighted by molar-refractivity contribution is 5.91. The lowest BCUT2D eigenvalue weighted by molar-refractivity contribution is -0.156. The fraction of sp³-hybridized carbons (Fsp3) is 0.412. The van der Waals surface area contributed by atoms with Crippen molar-refractivity contribution in [3.05, 3.63) is 35.5 Å². The molecule has 1 aromatic carbocycles. The largest absolute Gasteiger partial charge is 0.481 e. The number of aromatic amines is 1. The van der Waals surface area contributed by atoms with Crippen LogP contribution in [0.3, 0.4) is 0 Å². The SMILES string of the molecule is CC(C)(C)OC(=O)C(CN)c1c[nH]c2ccc(CC(=O)O)cc12. The second-order valence-corrected chi connectivity index (χ2v) is 6.52. The summed E-state index contributed by atoms with van der Waals surface area (Å²) in [6.07, 6.45) is 1.66. The minimum Gasteiger partial charge on any atom is -0.481 e. The normalized spacial score (nSPS) is 13.0. The Bertz CT molecular complexity index is 728. The number of aromatic nitrogens is 1. The molecule has 2 rings (SSSR count). The Hall–Kier alpha value is -2.34. The van der Waals surface area contributed by atoms with Gasteiger partial charge in [-0.25, -0.2) is 0 Å². The highest BCUT2D eigenvalue weighted by Crippen LogP contribution is 2.28. The van der Waals surface area contributed by atoms with E-state index in [0.717, 1.165) is 16.5 Å². The lowest BCUT2D eigenvalue weighted by Crippen LogP contribution is -2.31. The summed E-state index contributed by atoms with van der Waals surface area (Å²) in [5, 5.41) is 9.72. The number of benzene rings is 1. The number of H-pyrrole nitrogens is 1. The van der Waals surface area contributed by atoms with E-state index in [9.17, 15) is 9.59 Å². The molecule has 1 atom stereocenters. The summed E-state index contributed by atoms with van der Waals surface area (Å²) < 4.78 is 5.43. The van der Waals surface area contributed by atoms with Crippen LogP contribution in [0.15, 0.2) is 24.4 Å². The van der Waals surface area contributed by atoms with E-state index < -0.39 is 17.5 Å². The molecule has 23 heavy (non-hydrogen) atoms. The summed E-state index contributed by atoms with van der Waals surface area (Å²) in [4.78, 5) is 26.4. The molecule has 0 amide bonds. The Kier molecular flexibility index (Phi) is 4.75. The maximum atomic E-state index is 12.4. The van der Waals surface area contributed by atoms with Crippen molar-refractivity contribution in [3.63, 3.8) is 0 Å². The van der Waals surface area contributed by atoms with Crippen LogP contribution in [0.25, 0.3) is 10.9 Å². The molecule has 0 bridgehead atoms. The van der Waals surface area contributed by atoms with Crippen molar-refractivity contribution in [1.82, 2.24) is 4.98 Å². The molecule has 4 N–H and O–H groups in total. The molecular formula is C17H22N2O4. The number of ether oxygens (including phenoxy) is 1. The Morgan fingerprint density at radius 2 is 2.04 bits per heavy atom. The first-order chi connectivity index (χ1) is 10.7. The van der Waals surface area contributed by atoms with E-state index in [1.807, 2.05) is 0 Å². The number of carboxylic acids is 1. The summed E-state index contributed by atoms with van der Waals surface area (Å²) in [6, 6.07) is 5.34. The third kappa shape index (κ3) is 4.10. The van der Waals surface area contributed by atoms with Gasteiger partial charge in [0.05, 0.1) is 12.3 Å². The molecule has 0 radical (unpaired) electrons. The number of nitrogens with one attached hydrogen (secondary N) is 1. The second kappa shape index (κ2) is 6.42. The van der Waals surface area contributed by atoms with Crippen molar-refractivity contribution in [2.24, 2.45) is 5.73 Å². The molecule has 6 nitrogen and oxygen atoms in total. The van der Waals surface area contributed by atoms with E-state index in [-0.39, 0.29) is 18.9 Å². The maximum absolute atomic E-state index is 12.4. The number of carboxylic acid groups (broad SMARTS) is 1. The molecule has 1 unspecified atom stereocenters. The third-order valence-corrected chi connectivity index (χ3v) is 3.44. The van der Waals surface area contributed by atoms with Crippen molar-refractivity contribution in [1.29, 1.82) is 0 Å². The molecule has 2 aromatic rings. The molecule has 0 aliphatic heterocycles. The smallest absolute Gasteiger partial charge is 0.315 e. The van der Waals surface area contributed by atoms with Crippen LogP contribution in [0.4, 0.5) is 0 Å². The van der Waals surface area contributed by atoms with Gasteiger partial charge in [0, 0.05) is 23.6 Å². The fourth-order valence-corrected chi connectivity index (χ4v) is 2.49. The van der Waals surface area contributed by atoms with Crippen molar-refractivity contribution >= 4 is 22.8 Å². The highest BCUT2D eigenvalue weighted by atomic mass is 16.6. The first-order valence-corrected chi connectivity index (χ1v) is 7.46. The maximum Gasteiger partial charge on any atom is 0.315 e. The number of fused-ring (bicyclic) bond motifs is 1. The number of rotatable bonds is 5. The van der Waals surface area contributed by atoms with Crippen molar-refractivity contribution in [2.75, 3.05) is 6.54 Å². The zero-order valence-corrected chi connectivity index (χ0v) is 13.6. The Morgan fingerprint density at radius 1 is 1.35 bits per heavy atom. The molecule has 124 valence electrons. The number of aliphatic carboxylic acids is 1. The van der Waals surface area contributed by atoms with Crippen LogP contribution < -0.4 is 5.73 Å². The van der Waals surface area contributed by atoms with Gasteiger partial charge in [0.1, 0.15) is 5.60 Å². The average Bonchev–Trinajstić information content (AvgIpc) is 2.80. The Labute approximate surface area is 134 Å². The Morgan fingerprint density at radius 3 is 2.61 bits per heavy atom. The van der Waals surface area contributed by atoms with Gasteiger partial charge in [0.25, 0.3) is 0 Å². The van der Waals surface area contributed by atoms with Crippen molar-refractivity contribution in [2.45, 2.75) is 38.7 Å². The number of esters is 1. The number of carbonyl (C=O) groups is 2. The average molecular weight is 318 g/mol. The summed E-state index contributed by atoms with van der Waals surface area (Å²) in [5.74, 6) is -1.88. The summed E-state index contributed by atoms with van der Waals surface area (Å²) >= 11 is 0. The molecule has 0 fully saturated rings. The van der Waals surface area contributed by atoms with Crippen molar-refractivity contribution in [3.8, 4) is 0 Å². The minimum absolute atomic E-state index is 0.0692. The van der Waals surface area contributed by atoms with E-state index in [1.165, 1.54) is 0 Å². The molecule has 6 heteroatoms. The molecule has 0 saturated heterocycles. The van der Waals surface area contributed by atoms with Gasteiger partial charge in [-0.05, 0) is 44.0 Å².